The van der Waals surface area contributed by atoms with Gasteiger partial charge in [-0.05, 0) is 19.3 Å². The van der Waals surface area contributed by atoms with Gasteiger partial charge in [0.15, 0.2) is 0 Å². The molecule has 7 heteroatoms. The van der Waals surface area contributed by atoms with Crippen LogP contribution in [0.2, 0.25) is 0 Å². The monoisotopic (exact) mass is 313 g/mol. The third-order valence-corrected chi connectivity index (χ3v) is 4.72. The minimum atomic E-state index is 0.665. The number of hydrogen-bond acceptors (Lipinski definition) is 6. The van der Waals surface area contributed by atoms with Gasteiger partial charge in [-0.15, -0.1) is 0 Å². The molecule has 0 saturated carbocycles. The highest BCUT2D eigenvalue weighted by Gasteiger charge is 2.24. The van der Waals surface area contributed by atoms with Crippen LogP contribution in [0, 0.1) is 0 Å². The first-order chi connectivity index (χ1) is 11.2. The van der Waals surface area contributed by atoms with Crippen LogP contribution in [0.15, 0.2) is 12.4 Å². The zero-order valence-electron chi connectivity index (χ0n) is 13.6. The van der Waals surface area contributed by atoms with Crippen molar-refractivity contribution in [2.24, 2.45) is 7.05 Å². The summed E-state index contributed by atoms with van der Waals surface area (Å²) in [6.45, 7) is 4.79. The van der Waals surface area contributed by atoms with Gasteiger partial charge in [0.1, 0.15) is 5.82 Å². The molecule has 1 saturated heterocycles. The summed E-state index contributed by atoms with van der Waals surface area (Å²) in [5.74, 6) is 1.47. The van der Waals surface area contributed by atoms with E-state index in [1.54, 1.807) is 0 Å². The molecule has 2 aliphatic rings. The number of hydrogen-bond donors (Lipinski definition) is 1. The highest BCUT2D eigenvalue weighted by atomic mass is 15.3. The van der Waals surface area contributed by atoms with Gasteiger partial charge in [-0.1, -0.05) is 0 Å². The van der Waals surface area contributed by atoms with Gasteiger partial charge < -0.3 is 10.6 Å². The van der Waals surface area contributed by atoms with E-state index in [1.165, 1.54) is 18.4 Å². The number of aromatic nitrogens is 4. The lowest BCUT2D eigenvalue weighted by Crippen LogP contribution is -2.32. The maximum atomic E-state index is 6.20. The van der Waals surface area contributed by atoms with Crippen LogP contribution >= 0.6 is 0 Å². The summed E-state index contributed by atoms with van der Waals surface area (Å²) in [5, 5.41) is 4.24. The molecule has 0 aliphatic carbocycles. The summed E-state index contributed by atoms with van der Waals surface area (Å²) in [4.78, 5) is 14.0. The fourth-order valence-corrected chi connectivity index (χ4v) is 3.51. The SMILES string of the molecule is Cn1cc(CN2CCc3c(N)nc(N4CCCC4)nc3C2)cn1. The summed E-state index contributed by atoms with van der Waals surface area (Å²) < 4.78 is 1.85. The molecule has 23 heavy (non-hydrogen) atoms. The number of nitrogen functional groups attached to an aromatic ring is 1. The van der Waals surface area contributed by atoms with Crippen LogP contribution in [-0.2, 0) is 26.6 Å². The van der Waals surface area contributed by atoms with E-state index in [4.69, 9.17) is 10.7 Å². The highest BCUT2D eigenvalue weighted by Crippen LogP contribution is 2.26. The second-order valence-electron chi connectivity index (χ2n) is 6.51. The minimum Gasteiger partial charge on any atom is -0.383 e. The predicted molar refractivity (Wildman–Crippen MR) is 88.9 cm³/mol. The van der Waals surface area contributed by atoms with E-state index >= 15 is 0 Å². The fraction of sp³-hybridized carbons (Fsp3) is 0.562. The Bertz CT molecular complexity index is 702. The van der Waals surface area contributed by atoms with Crippen LogP contribution in [0.5, 0.6) is 0 Å². The Morgan fingerprint density at radius 3 is 2.74 bits per heavy atom. The Labute approximate surface area is 136 Å². The number of nitrogens with zero attached hydrogens (tertiary/aromatic N) is 6. The molecule has 2 N–H and O–H groups in total. The van der Waals surface area contributed by atoms with Gasteiger partial charge in [-0.3, -0.25) is 9.58 Å². The largest absolute Gasteiger partial charge is 0.383 e. The first-order valence-electron chi connectivity index (χ1n) is 8.29. The summed E-state index contributed by atoms with van der Waals surface area (Å²) in [6.07, 6.45) is 7.35. The van der Waals surface area contributed by atoms with Crippen molar-refractivity contribution in [1.29, 1.82) is 0 Å². The minimum absolute atomic E-state index is 0.665. The van der Waals surface area contributed by atoms with Gasteiger partial charge in [-0.2, -0.15) is 10.1 Å². The number of aryl methyl sites for hydroxylation is 1. The lowest BCUT2D eigenvalue weighted by Gasteiger charge is -2.29. The van der Waals surface area contributed by atoms with Crippen LogP contribution in [0.25, 0.3) is 0 Å². The van der Waals surface area contributed by atoms with Crippen molar-refractivity contribution < 1.29 is 0 Å². The van der Waals surface area contributed by atoms with E-state index in [2.05, 4.69) is 26.1 Å². The number of nitrogens with two attached hydrogens (primary N) is 1. The molecule has 2 aromatic heterocycles. The van der Waals surface area contributed by atoms with Crippen LogP contribution in [0.1, 0.15) is 29.7 Å². The van der Waals surface area contributed by atoms with E-state index in [9.17, 15) is 0 Å². The molecule has 0 amide bonds. The first kappa shape index (κ1) is 14.4. The van der Waals surface area contributed by atoms with E-state index in [0.29, 0.717) is 5.82 Å². The molecular weight excluding hydrogens is 290 g/mol. The van der Waals surface area contributed by atoms with Crippen molar-refractivity contribution >= 4 is 11.8 Å². The molecule has 0 spiro atoms. The van der Waals surface area contributed by atoms with Crippen molar-refractivity contribution in [1.82, 2.24) is 24.6 Å². The Balaban J connectivity index is 1.55. The quantitative estimate of drug-likeness (QED) is 0.909. The van der Waals surface area contributed by atoms with Gasteiger partial charge in [0.05, 0.1) is 11.9 Å². The van der Waals surface area contributed by atoms with Crippen molar-refractivity contribution in [2.45, 2.75) is 32.4 Å². The molecule has 4 rings (SSSR count). The maximum Gasteiger partial charge on any atom is 0.227 e. The van der Waals surface area contributed by atoms with Gasteiger partial charge in [-0.25, -0.2) is 4.98 Å². The summed E-state index contributed by atoms with van der Waals surface area (Å²) in [5.41, 5.74) is 9.66. The normalized spacial score (nSPS) is 18.4. The first-order valence-corrected chi connectivity index (χ1v) is 8.29. The molecule has 7 nitrogen and oxygen atoms in total. The average Bonchev–Trinajstić information content (AvgIpc) is 3.19. The summed E-state index contributed by atoms with van der Waals surface area (Å²) in [6, 6.07) is 0. The molecule has 0 bridgehead atoms. The zero-order valence-corrected chi connectivity index (χ0v) is 13.6. The molecule has 2 aromatic rings. The van der Waals surface area contributed by atoms with Crippen LogP contribution in [0.3, 0.4) is 0 Å². The molecular formula is C16H23N7. The van der Waals surface area contributed by atoms with Crippen molar-refractivity contribution in [2.75, 3.05) is 30.3 Å². The Kier molecular flexibility index (Phi) is 3.65. The Hall–Kier alpha value is -2.15. The van der Waals surface area contributed by atoms with E-state index in [-0.39, 0.29) is 0 Å². The van der Waals surface area contributed by atoms with Gasteiger partial charge >= 0.3 is 0 Å². The second kappa shape index (κ2) is 5.81. The van der Waals surface area contributed by atoms with Gasteiger partial charge in [0.25, 0.3) is 0 Å². The molecule has 0 aromatic carbocycles. The standard InChI is InChI=1S/C16H23N7/c1-21-9-12(8-18-21)10-22-7-4-13-14(11-22)19-16(20-15(13)17)23-5-2-3-6-23/h8-9H,2-7,10-11H2,1H3,(H2,17,19,20). The predicted octanol–water partition coefficient (Wildman–Crippen LogP) is 0.951. The van der Waals surface area contributed by atoms with Crippen molar-refractivity contribution in [3.05, 3.63) is 29.2 Å². The van der Waals surface area contributed by atoms with Crippen LogP contribution in [-0.4, -0.2) is 44.3 Å². The molecule has 2 aliphatic heterocycles. The second-order valence-corrected chi connectivity index (χ2v) is 6.51. The Morgan fingerprint density at radius 2 is 2.00 bits per heavy atom. The molecule has 1 fully saturated rings. The number of rotatable bonds is 3. The van der Waals surface area contributed by atoms with Crippen LogP contribution < -0.4 is 10.6 Å². The fourth-order valence-electron chi connectivity index (χ4n) is 3.51. The lowest BCUT2D eigenvalue weighted by molar-refractivity contribution is 0.241. The number of fused-ring (bicyclic) bond motifs is 1. The Morgan fingerprint density at radius 1 is 1.17 bits per heavy atom. The van der Waals surface area contributed by atoms with E-state index in [0.717, 1.165) is 56.4 Å². The van der Waals surface area contributed by atoms with Crippen molar-refractivity contribution in [3.8, 4) is 0 Å². The van der Waals surface area contributed by atoms with Gasteiger partial charge in [0.2, 0.25) is 5.95 Å². The third kappa shape index (κ3) is 2.88. The van der Waals surface area contributed by atoms with E-state index < -0.39 is 0 Å². The molecule has 0 radical (unpaired) electrons. The topological polar surface area (TPSA) is 76.1 Å². The third-order valence-electron chi connectivity index (χ3n) is 4.72. The average molecular weight is 313 g/mol. The van der Waals surface area contributed by atoms with Crippen molar-refractivity contribution in [3.63, 3.8) is 0 Å². The maximum absolute atomic E-state index is 6.20. The summed E-state index contributed by atoms with van der Waals surface area (Å²) >= 11 is 0. The van der Waals surface area contributed by atoms with Gasteiger partial charge in [0, 0.05) is 57.1 Å². The number of anilines is 2. The lowest BCUT2D eigenvalue weighted by atomic mass is 10.1. The zero-order chi connectivity index (χ0) is 15.8. The molecule has 0 atom stereocenters. The van der Waals surface area contributed by atoms with Crippen LogP contribution in [0.4, 0.5) is 11.8 Å². The molecule has 4 heterocycles. The van der Waals surface area contributed by atoms with E-state index in [1.807, 2.05) is 17.9 Å². The molecule has 122 valence electrons. The summed E-state index contributed by atoms with van der Waals surface area (Å²) in [7, 11) is 1.95. The highest BCUT2D eigenvalue weighted by molar-refractivity contribution is 5.49. The smallest absolute Gasteiger partial charge is 0.227 e. The molecule has 0 unspecified atom stereocenters.